The molecule has 0 bridgehead atoms. The van der Waals surface area contributed by atoms with Crippen molar-refractivity contribution in [3.63, 3.8) is 0 Å². The van der Waals surface area contributed by atoms with Crippen LogP contribution in [0, 0.1) is 0 Å². The Bertz CT molecular complexity index is 1080. The highest BCUT2D eigenvalue weighted by molar-refractivity contribution is 9.10. The fraction of sp³-hybridized carbons (Fsp3) is 0.208. The molecule has 1 atom stereocenters. The minimum absolute atomic E-state index is 0.0255. The van der Waals surface area contributed by atoms with Gasteiger partial charge >= 0.3 is 6.09 Å². The fourth-order valence-electron chi connectivity index (χ4n) is 4.31. The van der Waals surface area contributed by atoms with Crippen LogP contribution in [0.5, 0.6) is 11.5 Å². The Morgan fingerprint density at radius 1 is 1.07 bits per heavy atom. The van der Waals surface area contributed by atoms with Gasteiger partial charge in [-0.05, 0) is 50.3 Å². The SMILES string of the molecule is O=C(NC1COc2ccc(O)c(Br)c2C1)OCC1c2ccccc2-c2ccccc21. The standard InChI is InChI=1S/C24H20BrNO4/c25-23-19-11-14(12-29-22(19)10-9-21(23)27)26-24(28)30-13-20-17-7-3-1-5-15(17)16-6-2-4-8-18(16)20/h1-10,14,20,27H,11-13H2,(H,26,28). The number of carbonyl (C=O) groups is 1. The molecule has 2 aliphatic rings. The molecule has 0 saturated heterocycles. The molecular formula is C24H20BrNO4. The largest absolute Gasteiger partial charge is 0.507 e. The highest BCUT2D eigenvalue weighted by atomic mass is 79.9. The summed E-state index contributed by atoms with van der Waals surface area (Å²) in [7, 11) is 0. The number of aromatic hydroxyl groups is 1. The zero-order chi connectivity index (χ0) is 20.7. The maximum Gasteiger partial charge on any atom is 0.407 e. The second-order valence-corrected chi connectivity index (χ2v) is 8.35. The van der Waals surface area contributed by atoms with Gasteiger partial charge in [0.05, 0.1) is 10.5 Å². The van der Waals surface area contributed by atoms with Gasteiger partial charge in [-0.3, -0.25) is 0 Å². The second kappa shape index (κ2) is 7.69. The quantitative estimate of drug-likeness (QED) is 0.571. The van der Waals surface area contributed by atoms with E-state index in [1.165, 1.54) is 22.3 Å². The lowest BCUT2D eigenvalue weighted by molar-refractivity contribution is 0.132. The van der Waals surface area contributed by atoms with Crippen molar-refractivity contribution in [2.24, 2.45) is 0 Å². The molecular weight excluding hydrogens is 446 g/mol. The van der Waals surface area contributed by atoms with E-state index in [1.807, 2.05) is 24.3 Å². The minimum atomic E-state index is -0.467. The predicted molar refractivity (Wildman–Crippen MR) is 117 cm³/mol. The third-order valence-corrected chi connectivity index (χ3v) is 6.62. The number of amides is 1. The number of fused-ring (bicyclic) bond motifs is 4. The summed E-state index contributed by atoms with van der Waals surface area (Å²) in [4.78, 5) is 12.5. The smallest absolute Gasteiger partial charge is 0.407 e. The summed E-state index contributed by atoms with van der Waals surface area (Å²) < 4.78 is 11.9. The third kappa shape index (κ3) is 3.31. The van der Waals surface area contributed by atoms with Gasteiger partial charge < -0.3 is 19.9 Å². The first-order valence-corrected chi connectivity index (χ1v) is 10.7. The molecule has 3 aromatic carbocycles. The molecule has 1 aliphatic heterocycles. The van der Waals surface area contributed by atoms with Crippen LogP contribution in [0.25, 0.3) is 11.1 Å². The Labute approximate surface area is 182 Å². The predicted octanol–water partition coefficient (Wildman–Crippen LogP) is 5.00. The monoisotopic (exact) mass is 465 g/mol. The number of halogens is 1. The molecule has 152 valence electrons. The van der Waals surface area contributed by atoms with Gasteiger partial charge in [0.2, 0.25) is 0 Å². The summed E-state index contributed by atoms with van der Waals surface area (Å²) in [5.41, 5.74) is 5.60. The van der Waals surface area contributed by atoms with Gasteiger partial charge in [0.15, 0.2) is 0 Å². The van der Waals surface area contributed by atoms with Crippen LogP contribution in [-0.2, 0) is 11.2 Å². The maximum atomic E-state index is 12.5. The van der Waals surface area contributed by atoms with E-state index < -0.39 is 6.09 Å². The van der Waals surface area contributed by atoms with Crippen molar-refractivity contribution in [2.75, 3.05) is 13.2 Å². The lowest BCUT2D eigenvalue weighted by Gasteiger charge is -2.27. The Kier molecular flexibility index (Phi) is 4.87. The van der Waals surface area contributed by atoms with E-state index in [-0.39, 0.29) is 24.3 Å². The van der Waals surface area contributed by atoms with Gasteiger partial charge in [0.1, 0.15) is 24.7 Å². The molecule has 30 heavy (non-hydrogen) atoms. The van der Waals surface area contributed by atoms with E-state index in [9.17, 15) is 9.90 Å². The van der Waals surface area contributed by atoms with E-state index in [0.29, 0.717) is 23.2 Å². The van der Waals surface area contributed by atoms with Crippen LogP contribution in [0.4, 0.5) is 4.79 Å². The van der Waals surface area contributed by atoms with Crippen molar-refractivity contribution in [1.29, 1.82) is 0 Å². The average Bonchev–Trinajstić information content (AvgIpc) is 3.09. The number of nitrogens with one attached hydrogen (secondary N) is 1. The summed E-state index contributed by atoms with van der Waals surface area (Å²) >= 11 is 3.39. The third-order valence-electron chi connectivity index (χ3n) is 5.74. The van der Waals surface area contributed by atoms with E-state index >= 15 is 0 Å². The number of benzene rings is 3. The van der Waals surface area contributed by atoms with Crippen molar-refractivity contribution in [3.8, 4) is 22.6 Å². The van der Waals surface area contributed by atoms with Gasteiger partial charge in [0.25, 0.3) is 0 Å². The van der Waals surface area contributed by atoms with Crippen LogP contribution in [0.1, 0.15) is 22.6 Å². The van der Waals surface area contributed by atoms with E-state index in [4.69, 9.17) is 9.47 Å². The molecule has 1 aliphatic carbocycles. The van der Waals surface area contributed by atoms with Gasteiger partial charge in [-0.25, -0.2) is 4.79 Å². The fourth-order valence-corrected chi connectivity index (χ4v) is 4.80. The normalized spacial score (nSPS) is 16.8. The molecule has 2 N–H and O–H groups in total. The zero-order valence-electron chi connectivity index (χ0n) is 16.1. The van der Waals surface area contributed by atoms with Crippen molar-refractivity contribution >= 4 is 22.0 Å². The van der Waals surface area contributed by atoms with Gasteiger partial charge in [-0.2, -0.15) is 0 Å². The molecule has 0 spiro atoms. The number of phenols is 1. The van der Waals surface area contributed by atoms with Gasteiger partial charge in [-0.15, -0.1) is 0 Å². The lowest BCUT2D eigenvalue weighted by Crippen LogP contribution is -2.43. The van der Waals surface area contributed by atoms with Crippen LogP contribution in [0.2, 0.25) is 0 Å². The molecule has 0 saturated carbocycles. The minimum Gasteiger partial charge on any atom is -0.507 e. The summed E-state index contributed by atoms with van der Waals surface area (Å²) in [5.74, 6) is 0.891. The Morgan fingerprint density at radius 3 is 2.43 bits per heavy atom. The molecule has 0 radical (unpaired) electrons. The first-order chi connectivity index (χ1) is 14.6. The van der Waals surface area contributed by atoms with Crippen LogP contribution in [-0.4, -0.2) is 30.5 Å². The number of hydrogen-bond donors (Lipinski definition) is 2. The molecule has 1 heterocycles. The second-order valence-electron chi connectivity index (χ2n) is 7.56. The van der Waals surface area contributed by atoms with Crippen LogP contribution in [0.15, 0.2) is 65.1 Å². The molecule has 6 heteroatoms. The van der Waals surface area contributed by atoms with E-state index in [1.54, 1.807) is 12.1 Å². The zero-order valence-corrected chi connectivity index (χ0v) is 17.7. The number of rotatable bonds is 3. The number of alkyl carbamates (subject to hydrolysis) is 1. The maximum absolute atomic E-state index is 12.5. The summed E-state index contributed by atoms with van der Waals surface area (Å²) in [5, 5.41) is 12.8. The van der Waals surface area contributed by atoms with Crippen molar-refractivity contribution in [1.82, 2.24) is 5.32 Å². The van der Waals surface area contributed by atoms with E-state index in [2.05, 4.69) is 45.5 Å². The highest BCUT2D eigenvalue weighted by Gasteiger charge is 2.30. The highest BCUT2D eigenvalue weighted by Crippen LogP contribution is 2.44. The molecule has 5 nitrogen and oxygen atoms in total. The molecule has 0 fully saturated rings. The van der Waals surface area contributed by atoms with Gasteiger partial charge in [0, 0.05) is 17.9 Å². The van der Waals surface area contributed by atoms with E-state index in [0.717, 1.165) is 5.56 Å². The summed E-state index contributed by atoms with van der Waals surface area (Å²) in [6.45, 7) is 0.628. The Balaban J connectivity index is 1.26. The summed E-state index contributed by atoms with van der Waals surface area (Å²) in [6, 6.07) is 19.6. The van der Waals surface area contributed by atoms with Crippen molar-refractivity contribution in [3.05, 3.63) is 81.8 Å². The molecule has 0 aromatic heterocycles. The van der Waals surface area contributed by atoms with Crippen LogP contribution < -0.4 is 10.1 Å². The molecule has 1 amide bonds. The average molecular weight is 466 g/mol. The number of carbonyl (C=O) groups excluding carboxylic acids is 1. The van der Waals surface area contributed by atoms with Crippen LogP contribution in [0.3, 0.4) is 0 Å². The first-order valence-electron chi connectivity index (χ1n) is 9.86. The van der Waals surface area contributed by atoms with Crippen LogP contribution >= 0.6 is 15.9 Å². The molecule has 3 aromatic rings. The van der Waals surface area contributed by atoms with Gasteiger partial charge in [-0.1, -0.05) is 48.5 Å². The Hall–Kier alpha value is -2.99. The number of hydrogen-bond acceptors (Lipinski definition) is 4. The van der Waals surface area contributed by atoms with Crippen molar-refractivity contribution in [2.45, 2.75) is 18.4 Å². The first kappa shape index (κ1) is 19.0. The Morgan fingerprint density at radius 2 is 1.73 bits per heavy atom. The van der Waals surface area contributed by atoms with Crippen molar-refractivity contribution < 1.29 is 19.4 Å². The lowest BCUT2D eigenvalue weighted by atomic mass is 9.98. The molecule has 5 rings (SSSR count). The number of phenolic OH excluding ortho intramolecular Hbond substituents is 1. The summed E-state index contributed by atoms with van der Waals surface area (Å²) in [6.07, 6.45) is 0.0827. The number of ether oxygens (including phenoxy) is 2. The topological polar surface area (TPSA) is 67.8 Å². The molecule has 1 unspecified atom stereocenters.